The first-order valence-corrected chi connectivity index (χ1v) is 8.23. The highest BCUT2D eigenvalue weighted by molar-refractivity contribution is 5.76. The lowest BCUT2D eigenvalue weighted by Gasteiger charge is -2.05. The molecule has 130 valence electrons. The van der Waals surface area contributed by atoms with Gasteiger partial charge in [-0.05, 0) is 32.4 Å². The first-order valence-electron chi connectivity index (χ1n) is 8.23. The number of nitrogens with one attached hydrogen (secondary N) is 1. The van der Waals surface area contributed by atoms with Crippen molar-refractivity contribution >= 4 is 5.91 Å². The molecule has 1 amide bonds. The van der Waals surface area contributed by atoms with E-state index in [1.807, 2.05) is 45.0 Å². The number of furan rings is 1. The lowest BCUT2D eigenvalue weighted by Crippen LogP contribution is -2.23. The molecule has 0 saturated heterocycles. The highest BCUT2D eigenvalue weighted by atomic mass is 16.4. The summed E-state index contributed by atoms with van der Waals surface area (Å²) < 4.78 is 11.1. The number of benzene rings is 1. The summed E-state index contributed by atoms with van der Waals surface area (Å²) >= 11 is 0. The Labute approximate surface area is 146 Å². The van der Waals surface area contributed by atoms with Crippen molar-refractivity contribution in [3.63, 3.8) is 0 Å². The van der Waals surface area contributed by atoms with E-state index >= 15 is 0 Å². The summed E-state index contributed by atoms with van der Waals surface area (Å²) in [6.45, 7) is 6.27. The zero-order valence-electron chi connectivity index (χ0n) is 14.6. The summed E-state index contributed by atoms with van der Waals surface area (Å²) in [7, 11) is 0. The zero-order chi connectivity index (χ0) is 17.8. The Balaban J connectivity index is 1.52. The van der Waals surface area contributed by atoms with Crippen LogP contribution in [0.1, 0.15) is 35.0 Å². The SMILES string of the molecule is Cc1cccc(CNC(=O)CCc2nnc(-c3cc(C)oc3C)o2)c1. The molecule has 0 aliphatic rings. The number of rotatable bonds is 6. The quantitative estimate of drug-likeness (QED) is 0.743. The Morgan fingerprint density at radius 2 is 1.96 bits per heavy atom. The van der Waals surface area contributed by atoms with Crippen molar-refractivity contribution < 1.29 is 13.6 Å². The second-order valence-electron chi connectivity index (χ2n) is 6.09. The lowest BCUT2D eigenvalue weighted by molar-refractivity contribution is -0.121. The molecule has 3 rings (SSSR count). The highest BCUT2D eigenvalue weighted by Gasteiger charge is 2.15. The fourth-order valence-corrected chi connectivity index (χ4v) is 2.64. The number of carbonyl (C=O) groups is 1. The molecule has 1 N–H and O–H groups in total. The van der Waals surface area contributed by atoms with Crippen LogP contribution in [0, 0.1) is 20.8 Å². The minimum Gasteiger partial charge on any atom is -0.466 e. The molecule has 0 aliphatic carbocycles. The predicted octanol–water partition coefficient (Wildman–Crippen LogP) is 3.50. The first-order chi connectivity index (χ1) is 12.0. The van der Waals surface area contributed by atoms with E-state index in [0.29, 0.717) is 31.2 Å². The second-order valence-corrected chi connectivity index (χ2v) is 6.09. The van der Waals surface area contributed by atoms with E-state index in [9.17, 15) is 4.79 Å². The van der Waals surface area contributed by atoms with Crippen LogP contribution in [0.3, 0.4) is 0 Å². The maximum Gasteiger partial charge on any atom is 0.251 e. The molecule has 0 unspecified atom stereocenters. The van der Waals surface area contributed by atoms with Gasteiger partial charge < -0.3 is 14.2 Å². The summed E-state index contributed by atoms with van der Waals surface area (Å²) in [5.74, 6) is 2.35. The summed E-state index contributed by atoms with van der Waals surface area (Å²) in [6.07, 6.45) is 0.708. The Bertz CT molecular complexity index is 880. The van der Waals surface area contributed by atoms with Crippen LogP contribution in [-0.2, 0) is 17.8 Å². The van der Waals surface area contributed by atoms with Gasteiger partial charge in [0.15, 0.2) is 0 Å². The van der Waals surface area contributed by atoms with E-state index in [-0.39, 0.29) is 5.91 Å². The van der Waals surface area contributed by atoms with E-state index in [4.69, 9.17) is 8.83 Å². The monoisotopic (exact) mass is 339 g/mol. The number of aryl methyl sites for hydroxylation is 4. The second kappa shape index (κ2) is 7.34. The largest absolute Gasteiger partial charge is 0.466 e. The molecule has 0 aliphatic heterocycles. The van der Waals surface area contributed by atoms with Gasteiger partial charge in [-0.25, -0.2) is 0 Å². The molecule has 0 atom stereocenters. The van der Waals surface area contributed by atoms with Crippen LogP contribution in [0.25, 0.3) is 11.5 Å². The molecule has 25 heavy (non-hydrogen) atoms. The van der Waals surface area contributed by atoms with Crippen LogP contribution in [0.15, 0.2) is 39.2 Å². The van der Waals surface area contributed by atoms with Gasteiger partial charge in [0, 0.05) is 19.4 Å². The summed E-state index contributed by atoms with van der Waals surface area (Å²) in [5, 5.41) is 10.9. The van der Waals surface area contributed by atoms with E-state index in [0.717, 1.165) is 22.6 Å². The van der Waals surface area contributed by atoms with Gasteiger partial charge in [0.05, 0.1) is 5.56 Å². The van der Waals surface area contributed by atoms with Crippen molar-refractivity contribution in [1.82, 2.24) is 15.5 Å². The van der Waals surface area contributed by atoms with Crippen LogP contribution in [0.5, 0.6) is 0 Å². The molecule has 2 aromatic heterocycles. The maximum absolute atomic E-state index is 12.0. The van der Waals surface area contributed by atoms with Crippen molar-refractivity contribution in [1.29, 1.82) is 0 Å². The van der Waals surface area contributed by atoms with Gasteiger partial charge in [-0.15, -0.1) is 10.2 Å². The Morgan fingerprint density at radius 3 is 2.68 bits per heavy atom. The molecule has 0 radical (unpaired) electrons. The van der Waals surface area contributed by atoms with Crippen LogP contribution in [-0.4, -0.2) is 16.1 Å². The van der Waals surface area contributed by atoms with Crippen LogP contribution >= 0.6 is 0 Å². The van der Waals surface area contributed by atoms with E-state index in [1.165, 1.54) is 5.56 Å². The molecular formula is C19H21N3O3. The molecule has 6 heteroatoms. The first kappa shape index (κ1) is 17.0. The van der Waals surface area contributed by atoms with Crippen molar-refractivity contribution in [2.45, 2.75) is 40.2 Å². The van der Waals surface area contributed by atoms with Crippen molar-refractivity contribution in [2.24, 2.45) is 0 Å². The molecule has 0 spiro atoms. The predicted molar refractivity (Wildman–Crippen MR) is 92.8 cm³/mol. The van der Waals surface area contributed by atoms with E-state index in [2.05, 4.69) is 21.6 Å². The number of hydrogen-bond donors (Lipinski definition) is 1. The Kier molecular flexibility index (Phi) is 4.97. The molecule has 6 nitrogen and oxygen atoms in total. The maximum atomic E-state index is 12.0. The number of hydrogen-bond acceptors (Lipinski definition) is 5. The Morgan fingerprint density at radius 1 is 1.12 bits per heavy atom. The smallest absolute Gasteiger partial charge is 0.251 e. The number of aromatic nitrogens is 2. The molecule has 0 saturated carbocycles. The molecule has 0 bridgehead atoms. The average Bonchev–Trinajstić information content (AvgIpc) is 3.17. The minimum absolute atomic E-state index is 0.0448. The van der Waals surface area contributed by atoms with Gasteiger partial charge in [-0.2, -0.15) is 0 Å². The molecule has 0 fully saturated rings. The highest BCUT2D eigenvalue weighted by Crippen LogP contribution is 2.25. The zero-order valence-corrected chi connectivity index (χ0v) is 14.6. The fourth-order valence-electron chi connectivity index (χ4n) is 2.64. The van der Waals surface area contributed by atoms with Crippen molar-refractivity contribution in [3.8, 4) is 11.5 Å². The third-order valence-corrected chi connectivity index (χ3v) is 3.88. The van der Waals surface area contributed by atoms with E-state index < -0.39 is 0 Å². The number of amides is 1. The minimum atomic E-state index is -0.0448. The van der Waals surface area contributed by atoms with Crippen molar-refractivity contribution in [3.05, 3.63) is 58.9 Å². The van der Waals surface area contributed by atoms with E-state index in [1.54, 1.807) is 0 Å². The number of nitrogens with zero attached hydrogens (tertiary/aromatic N) is 2. The van der Waals surface area contributed by atoms with Gasteiger partial charge in [-0.3, -0.25) is 4.79 Å². The molecule has 1 aromatic carbocycles. The number of carbonyl (C=O) groups excluding carboxylic acids is 1. The third-order valence-electron chi connectivity index (χ3n) is 3.88. The van der Waals surface area contributed by atoms with Crippen LogP contribution < -0.4 is 5.32 Å². The van der Waals surface area contributed by atoms with Crippen molar-refractivity contribution in [2.75, 3.05) is 0 Å². The van der Waals surface area contributed by atoms with Crippen LogP contribution in [0.2, 0.25) is 0 Å². The van der Waals surface area contributed by atoms with Gasteiger partial charge in [-0.1, -0.05) is 29.8 Å². The fraction of sp³-hybridized carbons (Fsp3) is 0.316. The summed E-state index contributed by atoms with van der Waals surface area (Å²) in [4.78, 5) is 12.0. The average molecular weight is 339 g/mol. The molecular weight excluding hydrogens is 318 g/mol. The van der Waals surface area contributed by atoms with Gasteiger partial charge >= 0.3 is 0 Å². The Hall–Kier alpha value is -2.89. The third kappa shape index (κ3) is 4.35. The standard InChI is InChI=1S/C19H21N3O3/c1-12-5-4-6-15(9-12)11-20-17(23)7-8-18-21-22-19(25-18)16-10-13(2)24-14(16)3/h4-6,9-10H,7-8,11H2,1-3H3,(H,20,23). The van der Waals surface area contributed by atoms with Gasteiger partial charge in [0.2, 0.25) is 11.8 Å². The summed E-state index contributed by atoms with van der Waals surface area (Å²) in [6, 6.07) is 9.92. The lowest BCUT2D eigenvalue weighted by atomic mass is 10.1. The summed E-state index contributed by atoms with van der Waals surface area (Å²) in [5.41, 5.74) is 3.05. The normalized spacial score (nSPS) is 10.8. The van der Waals surface area contributed by atoms with Gasteiger partial charge in [0.1, 0.15) is 11.5 Å². The molecule has 2 heterocycles. The molecule has 3 aromatic rings. The van der Waals surface area contributed by atoms with Crippen LogP contribution in [0.4, 0.5) is 0 Å². The topological polar surface area (TPSA) is 81.2 Å². The van der Waals surface area contributed by atoms with Gasteiger partial charge in [0.25, 0.3) is 5.89 Å².